The molecule has 142 valence electrons. The molecule has 2 amide bonds. The number of nitrogens with zero attached hydrogens (tertiary/aromatic N) is 1. The molecule has 3 aromatic rings. The fraction of sp³-hybridized carbons (Fsp3) is 0.0952. The molecule has 2 aromatic carbocycles. The van der Waals surface area contributed by atoms with E-state index in [9.17, 15) is 14.0 Å². The maximum Gasteiger partial charge on any atom is 0.274 e. The standard InChI is InChI=1S/C21H18FN3O3/c1-2-28-19-12-4-3-9-16(19)25-21(27)18-11-6-10-17(24-18)20(26)23-15-8-5-7-14(22)13-15/h3-13H,2H2,1H3,(H,23,26)(H,25,27). The number of halogens is 1. The highest BCUT2D eigenvalue weighted by molar-refractivity contribution is 6.06. The molecule has 7 heteroatoms. The first-order chi connectivity index (χ1) is 13.6. The van der Waals surface area contributed by atoms with Crippen LogP contribution in [0.15, 0.2) is 66.7 Å². The van der Waals surface area contributed by atoms with Crippen molar-refractivity contribution in [2.45, 2.75) is 6.92 Å². The largest absolute Gasteiger partial charge is 0.492 e. The van der Waals surface area contributed by atoms with Gasteiger partial charge in [-0.3, -0.25) is 9.59 Å². The monoisotopic (exact) mass is 379 g/mol. The zero-order chi connectivity index (χ0) is 19.9. The van der Waals surface area contributed by atoms with Crippen molar-refractivity contribution in [2.75, 3.05) is 17.2 Å². The van der Waals surface area contributed by atoms with Gasteiger partial charge in [0, 0.05) is 5.69 Å². The van der Waals surface area contributed by atoms with Crippen LogP contribution in [0.25, 0.3) is 0 Å². The maximum atomic E-state index is 13.3. The van der Waals surface area contributed by atoms with Crippen LogP contribution < -0.4 is 15.4 Å². The number of hydrogen-bond donors (Lipinski definition) is 2. The van der Waals surface area contributed by atoms with Crippen LogP contribution >= 0.6 is 0 Å². The maximum absolute atomic E-state index is 13.3. The molecule has 0 saturated heterocycles. The summed E-state index contributed by atoms with van der Waals surface area (Å²) < 4.78 is 18.7. The van der Waals surface area contributed by atoms with Crippen LogP contribution in [0.1, 0.15) is 27.9 Å². The summed E-state index contributed by atoms with van der Waals surface area (Å²) in [6, 6.07) is 17.1. The minimum absolute atomic E-state index is 0.0370. The summed E-state index contributed by atoms with van der Waals surface area (Å²) in [6.45, 7) is 2.31. The van der Waals surface area contributed by atoms with Gasteiger partial charge in [0.2, 0.25) is 0 Å². The first-order valence-corrected chi connectivity index (χ1v) is 8.64. The highest BCUT2D eigenvalue weighted by atomic mass is 19.1. The fourth-order valence-corrected chi connectivity index (χ4v) is 2.49. The van der Waals surface area contributed by atoms with Gasteiger partial charge in [0.05, 0.1) is 12.3 Å². The van der Waals surface area contributed by atoms with Gasteiger partial charge in [-0.15, -0.1) is 0 Å². The van der Waals surface area contributed by atoms with E-state index in [0.717, 1.165) is 0 Å². The van der Waals surface area contributed by atoms with E-state index in [1.54, 1.807) is 36.4 Å². The molecule has 0 atom stereocenters. The second kappa shape index (κ2) is 8.77. The number of anilines is 2. The molecule has 1 aromatic heterocycles. The molecule has 0 radical (unpaired) electrons. The van der Waals surface area contributed by atoms with Crippen LogP contribution in [-0.4, -0.2) is 23.4 Å². The molecule has 0 fully saturated rings. The van der Waals surface area contributed by atoms with E-state index in [2.05, 4.69) is 15.6 Å². The van der Waals surface area contributed by atoms with Crippen molar-refractivity contribution < 1.29 is 18.7 Å². The van der Waals surface area contributed by atoms with Gasteiger partial charge in [-0.25, -0.2) is 9.37 Å². The Hall–Kier alpha value is -3.74. The van der Waals surface area contributed by atoms with Gasteiger partial charge >= 0.3 is 0 Å². The summed E-state index contributed by atoms with van der Waals surface area (Å²) in [5.74, 6) is -0.951. The molecule has 0 saturated carbocycles. The van der Waals surface area contributed by atoms with Crippen LogP contribution in [0.5, 0.6) is 5.75 Å². The third-order valence-electron chi connectivity index (χ3n) is 3.73. The van der Waals surface area contributed by atoms with E-state index in [4.69, 9.17) is 4.74 Å². The number of benzene rings is 2. The normalized spacial score (nSPS) is 10.2. The summed E-state index contributed by atoms with van der Waals surface area (Å²) in [5, 5.41) is 5.27. The number of para-hydroxylation sites is 2. The molecule has 6 nitrogen and oxygen atoms in total. The lowest BCUT2D eigenvalue weighted by Crippen LogP contribution is -2.18. The van der Waals surface area contributed by atoms with Crippen molar-refractivity contribution in [3.63, 3.8) is 0 Å². The fourth-order valence-electron chi connectivity index (χ4n) is 2.49. The van der Waals surface area contributed by atoms with Gasteiger partial charge in [0.25, 0.3) is 11.8 Å². The summed E-state index contributed by atoms with van der Waals surface area (Å²) in [4.78, 5) is 29.0. The average Bonchev–Trinajstić information content (AvgIpc) is 2.70. The molecular formula is C21H18FN3O3. The van der Waals surface area contributed by atoms with Crippen molar-refractivity contribution in [2.24, 2.45) is 0 Å². The number of ether oxygens (including phenoxy) is 1. The summed E-state index contributed by atoms with van der Waals surface area (Å²) in [6.07, 6.45) is 0. The van der Waals surface area contributed by atoms with Crippen LogP contribution in [0.3, 0.4) is 0 Å². The Morgan fingerprint density at radius 3 is 2.32 bits per heavy atom. The molecule has 2 N–H and O–H groups in total. The van der Waals surface area contributed by atoms with Gasteiger partial charge in [0.1, 0.15) is 23.0 Å². The molecule has 0 aliphatic carbocycles. The third-order valence-corrected chi connectivity index (χ3v) is 3.73. The number of carbonyl (C=O) groups is 2. The first kappa shape index (κ1) is 19.0. The van der Waals surface area contributed by atoms with Gasteiger partial charge in [-0.1, -0.05) is 24.3 Å². The summed E-state index contributed by atoms with van der Waals surface area (Å²) in [7, 11) is 0. The number of hydrogen-bond acceptors (Lipinski definition) is 4. The molecule has 28 heavy (non-hydrogen) atoms. The van der Waals surface area contributed by atoms with Gasteiger partial charge in [-0.05, 0) is 49.4 Å². The van der Waals surface area contributed by atoms with Crippen molar-refractivity contribution in [1.82, 2.24) is 4.98 Å². The number of aromatic nitrogens is 1. The minimum atomic E-state index is -0.546. The van der Waals surface area contributed by atoms with E-state index in [0.29, 0.717) is 23.7 Å². The molecule has 0 aliphatic heterocycles. The molecule has 3 rings (SSSR count). The third kappa shape index (κ3) is 4.70. The molecule has 0 bridgehead atoms. The molecule has 0 spiro atoms. The van der Waals surface area contributed by atoms with Crippen LogP contribution in [-0.2, 0) is 0 Å². The number of rotatable bonds is 6. The number of amides is 2. The summed E-state index contributed by atoms with van der Waals surface area (Å²) in [5.41, 5.74) is 0.909. The molecule has 0 aliphatic rings. The average molecular weight is 379 g/mol. The van der Waals surface area contributed by atoms with E-state index < -0.39 is 17.6 Å². The Balaban J connectivity index is 1.75. The van der Waals surface area contributed by atoms with Crippen molar-refractivity contribution >= 4 is 23.2 Å². The van der Waals surface area contributed by atoms with Crippen LogP contribution in [0.4, 0.5) is 15.8 Å². The van der Waals surface area contributed by atoms with Crippen molar-refractivity contribution in [3.8, 4) is 5.75 Å². The van der Waals surface area contributed by atoms with Gasteiger partial charge < -0.3 is 15.4 Å². The lowest BCUT2D eigenvalue weighted by molar-refractivity contribution is 0.101. The summed E-state index contributed by atoms with van der Waals surface area (Å²) >= 11 is 0. The second-order valence-electron chi connectivity index (χ2n) is 5.76. The minimum Gasteiger partial charge on any atom is -0.492 e. The number of carbonyl (C=O) groups excluding carboxylic acids is 2. The Morgan fingerprint density at radius 1 is 0.929 bits per heavy atom. The van der Waals surface area contributed by atoms with Crippen LogP contribution in [0, 0.1) is 5.82 Å². The SMILES string of the molecule is CCOc1ccccc1NC(=O)c1cccc(C(=O)Nc2cccc(F)c2)n1. The zero-order valence-electron chi connectivity index (χ0n) is 15.1. The Bertz CT molecular complexity index is 1010. The topological polar surface area (TPSA) is 80.3 Å². The predicted molar refractivity (Wildman–Crippen MR) is 104 cm³/mol. The molecule has 0 unspecified atom stereocenters. The Kier molecular flexibility index (Phi) is 5.96. The highest BCUT2D eigenvalue weighted by Gasteiger charge is 2.14. The molecule has 1 heterocycles. The van der Waals surface area contributed by atoms with E-state index in [1.165, 1.54) is 30.3 Å². The smallest absolute Gasteiger partial charge is 0.274 e. The van der Waals surface area contributed by atoms with E-state index >= 15 is 0 Å². The first-order valence-electron chi connectivity index (χ1n) is 8.64. The second-order valence-corrected chi connectivity index (χ2v) is 5.76. The van der Waals surface area contributed by atoms with E-state index in [1.807, 2.05) is 6.92 Å². The number of pyridine rings is 1. The highest BCUT2D eigenvalue weighted by Crippen LogP contribution is 2.24. The Morgan fingerprint density at radius 2 is 1.61 bits per heavy atom. The molecular weight excluding hydrogens is 361 g/mol. The quantitative estimate of drug-likeness (QED) is 0.675. The predicted octanol–water partition coefficient (Wildman–Crippen LogP) is 4.12. The van der Waals surface area contributed by atoms with Gasteiger partial charge in [-0.2, -0.15) is 0 Å². The lowest BCUT2D eigenvalue weighted by atomic mass is 10.2. The van der Waals surface area contributed by atoms with Crippen LogP contribution in [0.2, 0.25) is 0 Å². The van der Waals surface area contributed by atoms with Crippen molar-refractivity contribution in [1.29, 1.82) is 0 Å². The Labute approximate surface area is 161 Å². The van der Waals surface area contributed by atoms with E-state index in [-0.39, 0.29) is 11.4 Å². The lowest BCUT2D eigenvalue weighted by Gasteiger charge is -2.11. The number of nitrogens with one attached hydrogen (secondary N) is 2. The van der Waals surface area contributed by atoms with Gasteiger partial charge in [0.15, 0.2) is 0 Å². The van der Waals surface area contributed by atoms with Crippen molar-refractivity contribution in [3.05, 3.63) is 83.9 Å². The zero-order valence-corrected chi connectivity index (χ0v) is 15.1.